The van der Waals surface area contributed by atoms with E-state index in [-0.39, 0.29) is 36.9 Å². The molecule has 2 atom stereocenters. The van der Waals surface area contributed by atoms with Crippen molar-refractivity contribution >= 4 is 12.1 Å². The van der Waals surface area contributed by atoms with Gasteiger partial charge in [0.05, 0.1) is 37.9 Å². The molecule has 0 aliphatic carbocycles. The van der Waals surface area contributed by atoms with Gasteiger partial charge in [0, 0.05) is 12.6 Å². The first-order chi connectivity index (χ1) is 15.2. The second kappa shape index (κ2) is 9.27. The highest BCUT2D eigenvalue weighted by molar-refractivity contribution is 5.77. The fraction of sp³-hybridized carbons (Fsp3) is 0.773. The molecule has 3 aliphatic rings. The second-order valence-electron chi connectivity index (χ2n) is 9.73. The molecule has 4 heterocycles. The van der Waals surface area contributed by atoms with E-state index < -0.39 is 5.60 Å². The van der Waals surface area contributed by atoms with E-state index >= 15 is 0 Å². The summed E-state index contributed by atoms with van der Waals surface area (Å²) in [7, 11) is 0. The van der Waals surface area contributed by atoms with Crippen LogP contribution in [0.15, 0.2) is 10.6 Å². The van der Waals surface area contributed by atoms with Gasteiger partial charge in [0.2, 0.25) is 0 Å². The van der Waals surface area contributed by atoms with Crippen LogP contribution in [-0.2, 0) is 20.9 Å². The highest BCUT2D eigenvalue weighted by Gasteiger charge is 2.47. The number of urea groups is 1. The lowest BCUT2D eigenvalue weighted by atomic mass is 9.98. The molecule has 0 N–H and O–H groups in total. The minimum Gasteiger partial charge on any atom is -0.444 e. The van der Waals surface area contributed by atoms with Crippen molar-refractivity contribution < 1.29 is 28.4 Å². The molecule has 10 heteroatoms. The van der Waals surface area contributed by atoms with E-state index in [2.05, 4.69) is 12.1 Å². The molecule has 0 aromatic carbocycles. The lowest BCUT2D eigenvalue weighted by Crippen LogP contribution is -2.55. The molecule has 32 heavy (non-hydrogen) atoms. The van der Waals surface area contributed by atoms with Crippen molar-refractivity contribution in [2.75, 3.05) is 26.2 Å². The van der Waals surface area contributed by atoms with Gasteiger partial charge in [-0.3, -0.25) is 4.84 Å². The first-order valence-corrected chi connectivity index (χ1v) is 11.5. The number of unbranched alkanes of at least 4 members (excludes halogenated alkanes) is 1. The number of piperidine rings is 1. The number of amides is 3. The minimum absolute atomic E-state index is 0.0551. The maximum Gasteiger partial charge on any atom is 0.410 e. The van der Waals surface area contributed by atoms with E-state index in [4.69, 9.17) is 18.8 Å². The molecule has 3 fully saturated rings. The topological polar surface area (TPSA) is 97.6 Å². The molecule has 3 saturated heterocycles. The fourth-order valence-electron chi connectivity index (χ4n) is 4.19. The normalized spacial score (nSPS) is 23.6. The summed E-state index contributed by atoms with van der Waals surface area (Å²) in [5.41, 5.74) is 0.239. The first-order valence-electron chi connectivity index (χ1n) is 11.5. The number of carbonyl (C=O) groups excluding carboxylic acids is 2. The molecule has 2 bridgehead atoms. The number of fused-ring (bicyclic) bond motifs is 2. The Balaban J connectivity index is 1.24. The van der Waals surface area contributed by atoms with Crippen LogP contribution >= 0.6 is 0 Å². The zero-order chi connectivity index (χ0) is 22.9. The Morgan fingerprint density at radius 3 is 2.75 bits per heavy atom. The first kappa shape index (κ1) is 22.8. The van der Waals surface area contributed by atoms with Crippen LogP contribution in [0.4, 0.5) is 9.59 Å². The van der Waals surface area contributed by atoms with Crippen molar-refractivity contribution in [1.29, 1.82) is 0 Å². The van der Waals surface area contributed by atoms with Crippen molar-refractivity contribution in [3.05, 3.63) is 17.5 Å². The maximum atomic E-state index is 12.8. The Labute approximate surface area is 188 Å². The summed E-state index contributed by atoms with van der Waals surface area (Å²) in [6, 6.07) is 1.77. The summed E-state index contributed by atoms with van der Waals surface area (Å²) in [6.07, 6.45) is 3.29. The van der Waals surface area contributed by atoms with Crippen LogP contribution in [0.25, 0.3) is 0 Å². The molecule has 178 valence electrons. The van der Waals surface area contributed by atoms with E-state index in [0.717, 1.165) is 31.4 Å². The largest absolute Gasteiger partial charge is 0.444 e. The van der Waals surface area contributed by atoms with Crippen molar-refractivity contribution in [1.82, 2.24) is 20.0 Å². The summed E-state index contributed by atoms with van der Waals surface area (Å²) in [5.74, 6) is 0.612. The van der Waals surface area contributed by atoms with Gasteiger partial charge in [0.1, 0.15) is 17.9 Å². The number of carbonyl (C=O) groups is 2. The van der Waals surface area contributed by atoms with Gasteiger partial charge >= 0.3 is 12.1 Å². The van der Waals surface area contributed by atoms with Gasteiger partial charge in [0.15, 0.2) is 5.76 Å². The number of nitrogens with zero attached hydrogens (tertiary/aromatic N) is 4. The predicted molar refractivity (Wildman–Crippen MR) is 113 cm³/mol. The van der Waals surface area contributed by atoms with Gasteiger partial charge in [-0.05, 0) is 40.0 Å². The maximum absolute atomic E-state index is 12.8. The molecular weight excluding hydrogens is 416 g/mol. The number of likely N-dealkylation sites (tertiary alicyclic amines) is 1. The Kier molecular flexibility index (Phi) is 6.62. The highest BCUT2D eigenvalue weighted by atomic mass is 16.7. The Hall–Kier alpha value is -2.33. The molecule has 3 amide bonds. The number of hydroxylamine groups is 2. The van der Waals surface area contributed by atoms with Gasteiger partial charge in [-0.2, -0.15) is 5.06 Å². The van der Waals surface area contributed by atoms with Gasteiger partial charge in [-0.1, -0.05) is 18.5 Å². The van der Waals surface area contributed by atoms with Gasteiger partial charge in [-0.15, -0.1) is 0 Å². The summed E-state index contributed by atoms with van der Waals surface area (Å²) < 4.78 is 16.6. The van der Waals surface area contributed by atoms with E-state index in [9.17, 15) is 9.59 Å². The average Bonchev–Trinajstić information content (AvgIpc) is 3.25. The lowest BCUT2D eigenvalue weighted by Gasteiger charge is -2.39. The van der Waals surface area contributed by atoms with Crippen molar-refractivity contribution in [2.24, 2.45) is 0 Å². The average molecular weight is 451 g/mol. The van der Waals surface area contributed by atoms with E-state index in [1.54, 1.807) is 9.96 Å². The monoisotopic (exact) mass is 450 g/mol. The zero-order valence-electron chi connectivity index (χ0n) is 19.4. The van der Waals surface area contributed by atoms with Crippen LogP contribution in [0.2, 0.25) is 0 Å². The standard InChI is InChI=1S/C22H34N4O6/c1-5-6-9-30-26-15-7-8-19(25(11-15)20(26)27)18-10-16(32-23-18)14-29-17-12-24(13-17)21(28)31-22(2,3)4/h10,15,17,19H,5-9,11-14H2,1-4H3/t15-,19-/m0/s1. The molecule has 0 unspecified atom stereocenters. The van der Waals surface area contributed by atoms with Crippen LogP contribution in [0.5, 0.6) is 0 Å². The Bertz CT molecular complexity index is 816. The molecule has 3 aliphatic heterocycles. The van der Waals surface area contributed by atoms with Gasteiger partial charge in [-0.25, -0.2) is 9.59 Å². The molecule has 1 aromatic rings. The van der Waals surface area contributed by atoms with E-state index in [1.807, 2.05) is 31.7 Å². The van der Waals surface area contributed by atoms with Crippen molar-refractivity contribution in [3.63, 3.8) is 0 Å². The van der Waals surface area contributed by atoms with Gasteiger partial charge in [0.25, 0.3) is 0 Å². The molecule has 0 radical (unpaired) electrons. The predicted octanol–water partition coefficient (Wildman–Crippen LogP) is 3.48. The fourth-order valence-corrected chi connectivity index (χ4v) is 4.19. The third kappa shape index (κ3) is 5.01. The summed E-state index contributed by atoms with van der Waals surface area (Å²) >= 11 is 0. The van der Waals surface area contributed by atoms with Gasteiger partial charge < -0.3 is 23.8 Å². The smallest absolute Gasteiger partial charge is 0.410 e. The minimum atomic E-state index is -0.506. The number of hydrogen-bond acceptors (Lipinski definition) is 7. The summed E-state index contributed by atoms with van der Waals surface area (Å²) in [6.45, 7) is 10.1. The second-order valence-corrected chi connectivity index (χ2v) is 9.73. The van der Waals surface area contributed by atoms with E-state index in [0.29, 0.717) is 32.0 Å². The Morgan fingerprint density at radius 1 is 1.25 bits per heavy atom. The van der Waals surface area contributed by atoms with Crippen LogP contribution in [0, 0.1) is 0 Å². The number of rotatable bonds is 8. The third-order valence-electron chi connectivity index (χ3n) is 5.93. The molecule has 10 nitrogen and oxygen atoms in total. The third-order valence-corrected chi connectivity index (χ3v) is 5.93. The molecular formula is C22H34N4O6. The zero-order valence-corrected chi connectivity index (χ0v) is 19.4. The number of hydrogen-bond donors (Lipinski definition) is 0. The number of ether oxygens (including phenoxy) is 2. The van der Waals surface area contributed by atoms with Crippen LogP contribution in [-0.4, -0.2) is 76.1 Å². The van der Waals surface area contributed by atoms with Crippen LogP contribution in [0.1, 0.15) is 70.9 Å². The number of aromatic nitrogens is 1. The molecule has 1 aromatic heterocycles. The Morgan fingerprint density at radius 2 is 2.03 bits per heavy atom. The van der Waals surface area contributed by atoms with Crippen molar-refractivity contribution in [2.45, 2.75) is 83.8 Å². The SMILES string of the molecule is CCCCON1C(=O)N2C[C@@H]1CC[C@H]2c1cc(COC2CN(C(=O)OC(C)(C)C)C2)on1. The molecule has 4 rings (SSSR count). The van der Waals surface area contributed by atoms with Crippen molar-refractivity contribution in [3.8, 4) is 0 Å². The lowest BCUT2D eigenvalue weighted by molar-refractivity contribution is -0.130. The van der Waals surface area contributed by atoms with Crippen LogP contribution in [0.3, 0.4) is 0 Å². The summed E-state index contributed by atoms with van der Waals surface area (Å²) in [5, 5.41) is 5.75. The quantitative estimate of drug-likeness (QED) is 0.559. The van der Waals surface area contributed by atoms with Crippen LogP contribution < -0.4 is 0 Å². The van der Waals surface area contributed by atoms with E-state index in [1.165, 1.54) is 0 Å². The summed E-state index contributed by atoms with van der Waals surface area (Å²) in [4.78, 5) is 34.0. The molecule has 0 spiro atoms. The highest BCUT2D eigenvalue weighted by Crippen LogP contribution is 2.38. The molecule has 0 saturated carbocycles.